The molecule has 0 radical (unpaired) electrons. The van der Waals surface area contributed by atoms with Crippen LogP contribution in [0.15, 0.2) is 29.9 Å². The highest BCUT2D eigenvalue weighted by atomic mass is 14.7. The molecule has 0 amide bonds. The van der Waals surface area contributed by atoms with Crippen molar-refractivity contribution in [2.24, 2.45) is 4.99 Å². The van der Waals surface area contributed by atoms with E-state index in [1.54, 1.807) is 0 Å². The van der Waals surface area contributed by atoms with E-state index in [-0.39, 0.29) is 0 Å². The Morgan fingerprint density at radius 1 is 1.29 bits per heavy atom. The first-order chi connectivity index (χ1) is 6.62. The van der Waals surface area contributed by atoms with Crippen molar-refractivity contribution in [3.8, 4) is 0 Å². The van der Waals surface area contributed by atoms with Gasteiger partial charge in [0.25, 0.3) is 0 Å². The van der Waals surface area contributed by atoms with Gasteiger partial charge in [0.05, 0.1) is 0 Å². The summed E-state index contributed by atoms with van der Waals surface area (Å²) in [5.41, 5.74) is 1.91. The molecule has 0 unspecified atom stereocenters. The third-order valence-electron chi connectivity index (χ3n) is 1.36. The van der Waals surface area contributed by atoms with Crippen LogP contribution in [-0.4, -0.2) is 5.71 Å². The maximum absolute atomic E-state index is 4.24. The molecule has 0 heterocycles. The lowest BCUT2D eigenvalue weighted by atomic mass is 10.2. The lowest BCUT2D eigenvalue weighted by molar-refractivity contribution is 0.836. The van der Waals surface area contributed by atoms with Crippen LogP contribution in [0.4, 0.5) is 0 Å². The summed E-state index contributed by atoms with van der Waals surface area (Å²) in [5.74, 6) is 0. The summed E-state index contributed by atoms with van der Waals surface area (Å²) in [4.78, 5) is 4.24. The Labute approximate surface area is 89.6 Å². The van der Waals surface area contributed by atoms with Crippen molar-refractivity contribution in [2.75, 3.05) is 0 Å². The van der Waals surface area contributed by atoms with Gasteiger partial charge in [0.1, 0.15) is 0 Å². The first kappa shape index (κ1) is 15.6. The van der Waals surface area contributed by atoms with E-state index in [4.69, 9.17) is 0 Å². The van der Waals surface area contributed by atoms with Gasteiger partial charge in [-0.3, -0.25) is 4.99 Å². The first-order valence-corrected chi connectivity index (χ1v) is 5.47. The Balaban J connectivity index is 0. The van der Waals surface area contributed by atoms with Crippen molar-refractivity contribution in [3.05, 3.63) is 24.9 Å². The molecule has 0 saturated heterocycles. The van der Waals surface area contributed by atoms with Crippen LogP contribution in [0.25, 0.3) is 0 Å². The van der Waals surface area contributed by atoms with Gasteiger partial charge < -0.3 is 0 Å². The molecule has 0 atom stereocenters. The molecule has 0 aliphatic rings. The van der Waals surface area contributed by atoms with Crippen LogP contribution in [0, 0.1) is 0 Å². The molecule has 1 heteroatoms. The maximum atomic E-state index is 4.24. The molecule has 0 rings (SSSR count). The average molecular weight is 195 g/mol. The molecule has 82 valence electrons. The van der Waals surface area contributed by atoms with Crippen LogP contribution in [0.1, 0.15) is 53.4 Å². The lowest BCUT2D eigenvalue weighted by Crippen LogP contribution is -1.92. The highest BCUT2D eigenvalue weighted by molar-refractivity contribution is 5.95. The van der Waals surface area contributed by atoms with Gasteiger partial charge in [0.2, 0.25) is 0 Å². The van der Waals surface area contributed by atoms with Gasteiger partial charge in [0.15, 0.2) is 0 Å². The highest BCUT2D eigenvalue weighted by Gasteiger charge is 1.91. The van der Waals surface area contributed by atoms with Gasteiger partial charge in [-0.2, -0.15) is 0 Å². The molecule has 0 aromatic carbocycles. The van der Waals surface area contributed by atoms with Crippen molar-refractivity contribution < 1.29 is 0 Å². The largest absolute Gasteiger partial charge is 0.259 e. The van der Waals surface area contributed by atoms with Crippen molar-refractivity contribution >= 4 is 5.71 Å². The van der Waals surface area contributed by atoms with Crippen molar-refractivity contribution in [3.63, 3.8) is 0 Å². The molecule has 0 fully saturated rings. The summed E-state index contributed by atoms with van der Waals surface area (Å²) in [6.07, 6.45) is 6.46. The highest BCUT2D eigenvalue weighted by Crippen LogP contribution is 2.01. The quantitative estimate of drug-likeness (QED) is 0.561. The molecule has 1 nitrogen and oxygen atoms in total. The minimum atomic E-state index is 0.857. The van der Waals surface area contributed by atoms with Crippen LogP contribution < -0.4 is 0 Å². The Bertz CT molecular complexity index is 178. The summed E-state index contributed by atoms with van der Waals surface area (Å²) in [6.45, 7) is 15.7. The van der Waals surface area contributed by atoms with Crippen molar-refractivity contribution in [2.45, 2.75) is 53.4 Å². The second-order valence-electron chi connectivity index (χ2n) is 3.35. The van der Waals surface area contributed by atoms with E-state index in [0.717, 1.165) is 17.8 Å². The minimum Gasteiger partial charge on any atom is -0.259 e. The van der Waals surface area contributed by atoms with E-state index in [2.05, 4.69) is 38.9 Å². The second-order valence-corrected chi connectivity index (χ2v) is 3.35. The summed E-state index contributed by atoms with van der Waals surface area (Å²) < 4.78 is 0. The second kappa shape index (κ2) is 12.2. The minimum absolute atomic E-state index is 0.857. The molecular formula is C13H25N. The number of aliphatic imine (C=N–C) groups is 1. The topological polar surface area (TPSA) is 12.4 Å². The first-order valence-electron chi connectivity index (χ1n) is 5.47. The Morgan fingerprint density at radius 3 is 2.07 bits per heavy atom. The number of allylic oxidation sites excluding steroid dienone is 2. The van der Waals surface area contributed by atoms with Gasteiger partial charge in [0, 0.05) is 11.4 Å². The Morgan fingerprint density at radius 2 is 1.79 bits per heavy atom. The molecule has 0 aliphatic carbocycles. The standard InChI is InChI=1S/C10H17N.C3H8/c1-5-7-8-10(6-2)11-9(3)4;1-3-2/h6H,2-3,5,7-8H2,1,4H3;3H2,1-2H3. The SMILES string of the molecule is C=CC(CCCC)=NC(=C)C.CCC. The number of unbranched alkanes of at least 4 members (excludes halogenated alkanes) is 1. The molecule has 14 heavy (non-hydrogen) atoms. The maximum Gasteiger partial charge on any atom is 0.0400 e. The van der Waals surface area contributed by atoms with Gasteiger partial charge in [-0.25, -0.2) is 0 Å². The normalized spacial score (nSPS) is 10.1. The molecular weight excluding hydrogens is 170 g/mol. The fourth-order valence-electron chi connectivity index (χ4n) is 0.807. The van der Waals surface area contributed by atoms with Gasteiger partial charge in [-0.15, -0.1) is 0 Å². The van der Waals surface area contributed by atoms with Gasteiger partial charge in [-0.1, -0.05) is 46.8 Å². The average Bonchev–Trinajstić information content (AvgIpc) is 2.13. The smallest absolute Gasteiger partial charge is 0.0400 e. The van der Waals surface area contributed by atoms with Crippen LogP contribution in [-0.2, 0) is 0 Å². The number of rotatable bonds is 5. The Kier molecular flexibility index (Phi) is 13.6. The van der Waals surface area contributed by atoms with E-state index >= 15 is 0 Å². The molecule has 0 N–H and O–H groups in total. The van der Waals surface area contributed by atoms with E-state index < -0.39 is 0 Å². The zero-order valence-corrected chi connectivity index (χ0v) is 10.3. The summed E-state index contributed by atoms with van der Waals surface area (Å²) in [7, 11) is 0. The zero-order chi connectivity index (χ0) is 11.4. The molecule has 0 aromatic heterocycles. The molecule has 0 saturated carbocycles. The third-order valence-corrected chi connectivity index (χ3v) is 1.36. The third kappa shape index (κ3) is 13.7. The molecule has 0 aliphatic heterocycles. The predicted octanol–water partition coefficient (Wildman–Crippen LogP) is 4.75. The van der Waals surface area contributed by atoms with E-state index in [9.17, 15) is 0 Å². The van der Waals surface area contributed by atoms with E-state index in [1.807, 2.05) is 13.0 Å². The molecule has 0 aromatic rings. The van der Waals surface area contributed by atoms with Gasteiger partial charge in [-0.05, 0) is 25.8 Å². The summed E-state index contributed by atoms with van der Waals surface area (Å²) >= 11 is 0. The van der Waals surface area contributed by atoms with Gasteiger partial charge >= 0.3 is 0 Å². The van der Waals surface area contributed by atoms with Crippen LogP contribution in [0.2, 0.25) is 0 Å². The monoisotopic (exact) mass is 195 g/mol. The number of hydrogen-bond donors (Lipinski definition) is 0. The lowest BCUT2D eigenvalue weighted by Gasteiger charge is -1.98. The van der Waals surface area contributed by atoms with Crippen molar-refractivity contribution in [1.29, 1.82) is 0 Å². The fraction of sp³-hybridized carbons (Fsp3) is 0.615. The van der Waals surface area contributed by atoms with Crippen molar-refractivity contribution in [1.82, 2.24) is 0 Å². The van der Waals surface area contributed by atoms with E-state index in [1.165, 1.54) is 19.3 Å². The fourth-order valence-corrected chi connectivity index (χ4v) is 0.807. The summed E-state index contributed by atoms with van der Waals surface area (Å²) in [6, 6.07) is 0. The van der Waals surface area contributed by atoms with Crippen LogP contribution >= 0.6 is 0 Å². The summed E-state index contributed by atoms with van der Waals surface area (Å²) in [5, 5.41) is 0. The zero-order valence-electron chi connectivity index (χ0n) is 10.3. The number of nitrogens with zero attached hydrogens (tertiary/aromatic N) is 1. The molecule has 0 spiro atoms. The van der Waals surface area contributed by atoms with E-state index in [0.29, 0.717) is 0 Å². The number of hydrogen-bond acceptors (Lipinski definition) is 1. The Hall–Kier alpha value is -0.850. The van der Waals surface area contributed by atoms with Crippen LogP contribution in [0.5, 0.6) is 0 Å². The van der Waals surface area contributed by atoms with Crippen LogP contribution in [0.3, 0.4) is 0 Å². The molecule has 0 bridgehead atoms. The predicted molar refractivity (Wildman–Crippen MR) is 67.9 cm³/mol.